The van der Waals surface area contributed by atoms with Crippen LogP contribution in [-0.2, 0) is 20.7 Å². The number of hydrogen-bond donors (Lipinski definition) is 2. The molecule has 4 saturated carbocycles. The summed E-state index contributed by atoms with van der Waals surface area (Å²) in [4.78, 5) is 42.0. The number of rotatable bonds is 11. The number of fused-ring (bicyclic) bond motifs is 6. The maximum atomic E-state index is 15.0. The molecule has 8 rings (SSSR count). The third-order valence-corrected chi connectivity index (χ3v) is 15.1. The topological polar surface area (TPSA) is 125 Å². The van der Waals surface area contributed by atoms with Gasteiger partial charge in [0.15, 0.2) is 0 Å². The lowest BCUT2D eigenvalue weighted by Gasteiger charge is -2.60. The molecule has 2 aromatic carbocycles. The molecule has 0 bridgehead atoms. The van der Waals surface area contributed by atoms with Crippen LogP contribution in [0, 0.1) is 40.3 Å². The predicted octanol–water partition coefficient (Wildman–Crippen LogP) is 6.52. The van der Waals surface area contributed by atoms with Gasteiger partial charge in [-0.1, -0.05) is 38.1 Å². The van der Waals surface area contributed by atoms with E-state index >= 15 is 0 Å². The number of carbonyl (C=O) groups excluding carboxylic acids is 2. The van der Waals surface area contributed by atoms with E-state index in [1.165, 1.54) is 44.6 Å². The van der Waals surface area contributed by atoms with Gasteiger partial charge in [-0.3, -0.25) is 14.4 Å². The maximum Gasteiger partial charge on any atom is 0.272 e. The predicted molar refractivity (Wildman–Crippen MR) is 212 cm³/mol. The average Bonchev–Trinajstić information content (AvgIpc) is 3.55. The molecule has 2 unspecified atom stereocenters. The first kappa shape index (κ1) is 39.2. The van der Waals surface area contributed by atoms with Gasteiger partial charge in [-0.15, -0.1) is 0 Å². The molecule has 302 valence electrons. The van der Waals surface area contributed by atoms with Gasteiger partial charge in [0.1, 0.15) is 5.82 Å². The van der Waals surface area contributed by atoms with Gasteiger partial charge in [-0.05, 0) is 122 Å². The Morgan fingerprint density at radius 3 is 2.46 bits per heavy atom. The molecule has 0 radical (unpaired) electrons. The van der Waals surface area contributed by atoms with Crippen molar-refractivity contribution in [3.8, 4) is 0 Å². The van der Waals surface area contributed by atoms with Gasteiger partial charge in [-0.2, -0.15) is 5.10 Å². The third-order valence-electron chi connectivity index (χ3n) is 15.1. The second-order valence-corrected chi connectivity index (χ2v) is 18.0. The number of benzene rings is 2. The molecule has 1 saturated heterocycles. The van der Waals surface area contributed by atoms with Crippen molar-refractivity contribution in [2.45, 2.75) is 103 Å². The smallest absolute Gasteiger partial charge is 0.272 e. The highest BCUT2D eigenvalue weighted by Gasteiger charge is 2.60. The fourth-order valence-electron chi connectivity index (χ4n) is 11.9. The summed E-state index contributed by atoms with van der Waals surface area (Å²) in [6.45, 7) is 8.04. The lowest BCUT2D eigenvalue weighted by molar-refractivity contribution is -0.141. The highest BCUT2D eigenvalue weighted by Crippen LogP contribution is 2.66. The number of aromatic nitrogens is 2. The van der Waals surface area contributed by atoms with E-state index in [-0.39, 0.29) is 35.0 Å². The van der Waals surface area contributed by atoms with Crippen LogP contribution in [-0.4, -0.2) is 95.1 Å². The fraction of sp³-hybridized carbons (Fsp3) is 0.644. The fourth-order valence-corrected chi connectivity index (χ4v) is 11.9. The number of hydrogen-bond acceptors (Lipinski definition) is 7. The van der Waals surface area contributed by atoms with Crippen molar-refractivity contribution >= 4 is 22.6 Å². The van der Waals surface area contributed by atoms with Crippen molar-refractivity contribution in [3.05, 3.63) is 75.5 Å². The van der Waals surface area contributed by atoms with Crippen LogP contribution in [0.5, 0.6) is 0 Å². The third kappa shape index (κ3) is 7.55. The number of ether oxygens (including phenoxy) is 2. The Kier molecular flexibility index (Phi) is 11.4. The molecule has 2 N–H and O–H groups in total. The number of aliphatic hydroxyl groups is 1. The molecule has 5 aliphatic rings. The van der Waals surface area contributed by atoms with Gasteiger partial charge in [-0.25, -0.2) is 9.49 Å². The zero-order valence-electron chi connectivity index (χ0n) is 33.1. The average molecular weight is 771 g/mol. The van der Waals surface area contributed by atoms with Crippen LogP contribution in [0.2, 0.25) is 0 Å². The van der Waals surface area contributed by atoms with E-state index < -0.39 is 11.7 Å². The largest absolute Gasteiger partial charge is 0.393 e. The molecular weight excluding hydrogens is 712 g/mol. The molecule has 11 heteroatoms. The van der Waals surface area contributed by atoms with Gasteiger partial charge >= 0.3 is 0 Å². The second-order valence-electron chi connectivity index (χ2n) is 18.0. The minimum absolute atomic E-state index is 0.00465. The molecule has 3 aromatic rings. The zero-order chi connectivity index (χ0) is 39.0. The van der Waals surface area contributed by atoms with Crippen molar-refractivity contribution in [1.29, 1.82) is 0 Å². The highest BCUT2D eigenvalue weighted by atomic mass is 19.1. The number of nitrogens with one attached hydrogen (secondary N) is 1. The molecule has 1 aromatic heterocycles. The van der Waals surface area contributed by atoms with E-state index in [1.807, 2.05) is 12.1 Å². The van der Waals surface area contributed by atoms with Crippen LogP contribution in [0.15, 0.2) is 47.3 Å². The van der Waals surface area contributed by atoms with Crippen molar-refractivity contribution in [2.75, 3.05) is 46.0 Å². The normalized spacial score (nSPS) is 31.5. The van der Waals surface area contributed by atoms with Gasteiger partial charge in [0.2, 0.25) is 5.91 Å². The van der Waals surface area contributed by atoms with Crippen molar-refractivity contribution in [3.63, 3.8) is 0 Å². The molecule has 2 heterocycles. The molecule has 56 heavy (non-hydrogen) atoms. The van der Waals surface area contributed by atoms with E-state index in [9.17, 15) is 23.9 Å². The van der Waals surface area contributed by atoms with Crippen LogP contribution in [0.3, 0.4) is 0 Å². The van der Waals surface area contributed by atoms with Crippen LogP contribution >= 0.6 is 0 Å². The van der Waals surface area contributed by atoms with Gasteiger partial charge in [0.05, 0.1) is 41.9 Å². The standard InChI is InChI=1S/C45H59FN4O6/c1-44-17-14-31(51)28-30(44)9-10-34-36-11-13-40(45(36,2)18-15-37(34)44)56-24-5-23-55-25-16-41(52)49-19-21-50(22-20-49)43(54)35-26-29(8-12-38(35)46)27-39-32-6-3-4-7-33(32)42(53)48-47-39/h3-4,6-8,12,26,30-31,34,36-37,40,51H,5,9-11,13-25,27-28H2,1-2H3,(H,48,53)/t30-,31?,34-,36-,37?,40-,44-,45-/m0/s1. The quantitative estimate of drug-likeness (QED) is 0.213. The number of amides is 2. The van der Waals surface area contributed by atoms with Crippen LogP contribution in [0.4, 0.5) is 4.39 Å². The van der Waals surface area contributed by atoms with Crippen LogP contribution < -0.4 is 5.56 Å². The Morgan fingerprint density at radius 2 is 1.64 bits per heavy atom. The minimum atomic E-state index is -0.596. The zero-order valence-corrected chi connectivity index (χ0v) is 33.1. The summed E-state index contributed by atoms with van der Waals surface area (Å²) >= 11 is 0. The van der Waals surface area contributed by atoms with Gasteiger partial charge in [0.25, 0.3) is 11.5 Å². The number of aliphatic hydroxyl groups excluding tert-OH is 1. The second kappa shape index (κ2) is 16.3. The lowest BCUT2D eigenvalue weighted by Crippen LogP contribution is -2.54. The molecule has 8 atom stereocenters. The summed E-state index contributed by atoms with van der Waals surface area (Å²) in [5, 5.41) is 18.4. The number of halogens is 1. The Bertz CT molecular complexity index is 1960. The Labute approximate surface area is 329 Å². The van der Waals surface area contributed by atoms with E-state index in [2.05, 4.69) is 24.0 Å². The summed E-state index contributed by atoms with van der Waals surface area (Å²) < 4.78 is 27.4. The Morgan fingerprint density at radius 1 is 0.893 bits per heavy atom. The van der Waals surface area contributed by atoms with E-state index in [0.29, 0.717) is 91.9 Å². The summed E-state index contributed by atoms with van der Waals surface area (Å²) in [5.41, 5.74) is 1.70. The number of nitrogens with zero attached hydrogens (tertiary/aromatic N) is 3. The lowest BCUT2D eigenvalue weighted by atomic mass is 9.45. The van der Waals surface area contributed by atoms with Crippen molar-refractivity contribution in [1.82, 2.24) is 20.0 Å². The maximum absolute atomic E-state index is 15.0. The van der Waals surface area contributed by atoms with Crippen LogP contribution in [0.1, 0.15) is 106 Å². The summed E-state index contributed by atoms with van der Waals surface area (Å²) in [7, 11) is 0. The number of H-pyrrole nitrogens is 1. The Balaban J connectivity index is 0.741. The molecule has 10 nitrogen and oxygen atoms in total. The highest BCUT2D eigenvalue weighted by molar-refractivity contribution is 5.95. The molecular formula is C45H59FN4O6. The molecule has 0 spiro atoms. The summed E-state index contributed by atoms with van der Waals surface area (Å²) in [5.74, 6) is 2.01. The first-order valence-electron chi connectivity index (χ1n) is 21.2. The van der Waals surface area contributed by atoms with Crippen LogP contribution in [0.25, 0.3) is 10.8 Å². The molecule has 4 aliphatic carbocycles. The minimum Gasteiger partial charge on any atom is -0.393 e. The monoisotopic (exact) mass is 770 g/mol. The SMILES string of the molecule is C[C@]12CCC3[C@@H](CC[C@H]4CC(O)CC[C@]34C)[C@@H]1CC[C@@H]2OCCCOCCC(=O)N1CCN(C(=O)c2cc(Cc3n[nH]c(=O)c4ccccc34)ccc2F)CC1. The van der Waals surface area contributed by atoms with Crippen molar-refractivity contribution < 1.29 is 28.6 Å². The summed E-state index contributed by atoms with van der Waals surface area (Å²) in [6, 6.07) is 11.7. The summed E-state index contributed by atoms with van der Waals surface area (Å²) in [6.07, 6.45) is 12.3. The number of piperazine rings is 1. The van der Waals surface area contributed by atoms with Crippen molar-refractivity contribution in [2.24, 2.45) is 34.5 Å². The molecule has 2 amide bonds. The van der Waals surface area contributed by atoms with E-state index in [0.717, 1.165) is 43.4 Å². The van der Waals surface area contributed by atoms with Gasteiger partial charge in [0, 0.05) is 51.2 Å². The first-order chi connectivity index (χ1) is 27.0. The number of aromatic amines is 1. The Hall–Kier alpha value is -3.67. The first-order valence-corrected chi connectivity index (χ1v) is 21.2. The molecule has 5 fully saturated rings. The van der Waals surface area contributed by atoms with E-state index in [4.69, 9.17) is 9.47 Å². The van der Waals surface area contributed by atoms with Gasteiger partial charge < -0.3 is 24.4 Å². The van der Waals surface area contributed by atoms with E-state index in [1.54, 1.807) is 34.1 Å². The molecule has 1 aliphatic heterocycles. The number of carbonyl (C=O) groups is 2.